The minimum Gasteiger partial charge on any atom is -0.391 e. The number of thiazole rings is 1. The molecule has 1 aromatic carbocycles. The van der Waals surface area contributed by atoms with Crippen LogP contribution in [0, 0.1) is 12.3 Å². The van der Waals surface area contributed by atoms with Crippen LogP contribution in [0.3, 0.4) is 0 Å². The summed E-state index contributed by atoms with van der Waals surface area (Å²) in [5.74, 6) is -2.23. The lowest BCUT2D eigenvalue weighted by molar-refractivity contribution is -0.145. The Kier molecular flexibility index (Phi) is 8.84. The quantitative estimate of drug-likeness (QED) is 0.355. The standard InChI is InChI=1S/C29H38FN5O5S/c1-16-23(41-15-32-16)18-8-6-17(7-9-18)20(13-22(37)31-5)33-25(38)21-12-19(36)14-35(21)26(39)24(28(2,3)4)34-27(40)29(30)10-11-29/h6-9,15,19-21,24,36H,10-14H2,1-5H3,(H,31,37)(H,33,38)(H,34,40)/t19-,20-,21+,24-/m1/s1. The van der Waals surface area contributed by atoms with Crippen LogP contribution in [0.2, 0.25) is 0 Å². The van der Waals surface area contributed by atoms with Crippen LogP contribution in [0.5, 0.6) is 0 Å². The Morgan fingerprint density at radius 1 is 1.17 bits per heavy atom. The van der Waals surface area contributed by atoms with Gasteiger partial charge in [0.2, 0.25) is 17.7 Å². The van der Waals surface area contributed by atoms with Gasteiger partial charge < -0.3 is 26.0 Å². The normalized spacial score (nSPS) is 21.1. The number of halogens is 1. The maximum atomic E-state index is 14.4. The molecular weight excluding hydrogens is 549 g/mol. The molecule has 4 amide bonds. The van der Waals surface area contributed by atoms with Gasteiger partial charge in [-0.3, -0.25) is 19.2 Å². The van der Waals surface area contributed by atoms with Gasteiger partial charge in [0.15, 0.2) is 5.67 Å². The number of hydrogen-bond acceptors (Lipinski definition) is 7. The number of aliphatic hydroxyl groups is 1. The number of likely N-dealkylation sites (tertiary alicyclic amines) is 1. The summed E-state index contributed by atoms with van der Waals surface area (Å²) in [6, 6.07) is 4.65. The van der Waals surface area contributed by atoms with Crippen LogP contribution >= 0.6 is 11.3 Å². The summed E-state index contributed by atoms with van der Waals surface area (Å²) in [4.78, 5) is 58.8. The molecule has 2 heterocycles. The molecule has 12 heteroatoms. The van der Waals surface area contributed by atoms with Crippen molar-refractivity contribution in [2.45, 2.75) is 83.3 Å². The van der Waals surface area contributed by atoms with E-state index >= 15 is 0 Å². The monoisotopic (exact) mass is 587 g/mol. The average Bonchev–Trinajstić information content (AvgIpc) is 3.33. The lowest BCUT2D eigenvalue weighted by atomic mass is 9.85. The highest BCUT2D eigenvalue weighted by atomic mass is 32.1. The molecule has 2 aromatic rings. The molecule has 10 nitrogen and oxygen atoms in total. The molecule has 1 aliphatic carbocycles. The van der Waals surface area contributed by atoms with Gasteiger partial charge in [0.05, 0.1) is 34.6 Å². The lowest BCUT2D eigenvalue weighted by Crippen LogP contribution is -2.59. The van der Waals surface area contributed by atoms with Gasteiger partial charge >= 0.3 is 0 Å². The van der Waals surface area contributed by atoms with E-state index in [1.807, 2.05) is 31.2 Å². The summed E-state index contributed by atoms with van der Waals surface area (Å²) in [6.45, 7) is 7.04. The van der Waals surface area contributed by atoms with Crippen LogP contribution < -0.4 is 16.0 Å². The number of β-amino-alcohol motifs (C(OH)–C–C–N with tert-alkyl or cyclic N) is 1. The minimum atomic E-state index is -1.97. The fraction of sp³-hybridized carbons (Fsp3) is 0.552. The number of rotatable bonds is 9. The zero-order chi connectivity index (χ0) is 30.1. The number of amides is 4. The van der Waals surface area contributed by atoms with Crippen LogP contribution in [0.25, 0.3) is 10.4 Å². The third-order valence-corrected chi connectivity index (χ3v) is 8.63. The van der Waals surface area contributed by atoms with Crippen LogP contribution in [0.15, 0.2) is 29.8 Å². The van der Waals surface area contributed by atoms with Gasteiger partial charge in [-0.2, -0.15) is 0 Å². The van der Waals surface area contributed by atoms with Crippen molar-refractivity contribution >= 4 is 35.0 Å². The summed E-state index contributed by atoms with van der Waals surface area (Å²) in [5, 5.41) is 18.5. The predicted molar refractivity (Wildman–Crippen MR) is 152 cm³/mol. The Labute approximate surface area is 243 Å². The van der Waals surface area contributed by atoms with E-state index in [0.29, 0.717) is 5.56 Å². The Morgan fingerprint density at radius 3 is 2.37 bits per heavy atom. The van der Waals surface area contributed by atoms with E-state index in [4.69, 9.17) is 0 Å². The Morgan fingerprint density at radius 2 is 1.83 bits per heavy atom. The van der Waals surface area contributed by atoms with E-state index in [0.717, 1.165) is 16.1 Å². The van der Waals surface area contributed by atoms with E-state index in [2.05, 4.69) is 20.9 Å². The fourth-order valence-corrected chi connectivity index (χ4v) is 5.78. The molecule has 41 heavy (non-hydrogen) atoms. The lowest BCUT2D eigenvalue weighted by Gasteiger charge is -2.36. The van der Waals surface area contributed by atoms with Gasteiger partial charge in [-0.1, -0.05) is 45.0 Å². The molecule has 1 aliphatic heterocycles. The van der Waals surface area contributed by atoms with E-state index in [9.17, 15) is 28.7 Å². The number of aliphatic hydroxyl groups excluding tert-OH is 1. The number of nitrogens with zero attached hydrogens (tertiary/aromatic N) is 2. The van der Waals surface area contributed by atoms with E-state index in [1.165, 1.54) is 23.3 Å². The van der Waals surface area contributed by atoms with E-state index in [-0.39, 0.29) is 38.1 Å². The van der Waals surface area contributed by atoms with E-state index in [1.54, 1.807) is 26.3 Å². The number of nitrogens with one attached hydrogen (secondary N) is 3. The second-order valence-corrected chi connectivity index (χ2v) is 12.8. The Hall–Kier alpha value is -3.38. The van der Waals surface area contributed by atoms with Crippen LogP contribution in [-0.2, 0) is 19.2 Å². The van der Waals surface area contributed by atoms with Crippen LogP contribution in [0.1, 0.15) is 63.8 Å². The molecule has 4 N–H and O–H groups in total. The van der Waals surface area contributed by atoms with E-state index < -0.39 is 53.0 Å². The summed E-state index contributed by atoms with van der Waals surface area (Å²) in [6.07, 6.45) is -0.791. The van der Waals surface area contributed by atoms with Crippen molar-refractivity contribution in [3.63, 3.8) is 0 Å². The molecular formula is C29H38FN5O5S. The van der Waals surface area contributed by atoms with Crippen LogP contribution in [-0.4, -0.2) is 76.1 Å². The first-order valence-electron chi connectivity index (χ1n) is 13.7. The summed E-state index contributed by atoms with van der Waals surface area (Å²) < 4.78 is 14.4. The summed E-state index contributed by atoms with van der Waals surface area (Å²) >= 11 is 1.52. The average molecular weight is 588 g/mol. The molecule has 1 saturated heterocycles. The van der Waals surface area contributed by atoms with Crippen molar-refractivity contribution in [3.8, 4) is 10.4 Å². The number of carbonyl (C=O) groups excluding carboxylic acids is 4. The molecule has 1 saturated carbocycles. The zero-order valence-electron chi connectivity index (χ0n) is 24.0. The first-order chi connectivity index (χ1) is 19.2. The first kappa shape index (κ1) is 30.6. The molecule has 4 rings (SSSR count). The number of aryl methyl sites for hydroxylation is 1. The molecule has 4 atom stereocenters. The van der Waals surface area contributed by atoms with Crippen LogP contribution in [0.4, 0.5) is 4.39 Å². The van der Waals surface area contributed by atoms with Crippen molar-refractivity contribution < 1.29 is 28.7 Å². The van der Waals surface area contributed by atoms with Crippen molar-refractivity contribution in [1.82, 2.24) is 25.8 Å². The first-order valence-corrected chi connectivity index (χ1v) is 14.6. The molecule has 2 aliphatic rings. The molecule has 0 spiro atoms. The number of benzene rings is 1. The van der Waals surface area contributed by atoms with Gasteiger partial charge in [0.1, 0.15) is 12.1 Å². The highest BCUT2D eigenvalue weighted by Gasteiger charge is 2.53. The molecule has 0 bridgehead atoms. The number of alkyl halides is 1. The van der Waals surface area contributed by atoms with Gasteiger partial charge in [-0.25, -0.2) is 9.37 Å². The predicted octanol–water partition coefficient (Wildman–Crippen LogP) is 2.41. The zero-order valence-corrected chi connectivity index (χ0v) is 24.8. The Bertz CT molecular complexity index is 1300. The highest BCUT2D eigenvalue weighted by molar-refractivity contribution is 7.13. The maximum absolute atomic E-state index is 14.4. The van der Waals surface area contributed by atoms with Crippen molar-refractivity contribution in [3.05, 3.63) is 41.0 Å². The number of hydrogen-bond donors (Lipinski definition) is 4. The second-order valence-electron chi connectivity index (χ2n) is 12.0. The molecule has 222 valence electrons. The van der Waals surface area contributed by atoms with Gasteiger partial charge in [0, 0.05) is 20.0 Å². The largest absolute Gasteiger partial charge is 0.391 e. The van der Waals surface area contributed by atoms with Gasteiger partial charge in [0.25, 0.3) is 5.91 Å². The molecule has 2 fully saturated rings. The second kappa shape index (κ2) is 11.8. The minimum absolute atomic E-state index is 0.00822. The molecule has 0 radical (unpaired) electrons. The third kappa shape index (κ3) is 6.92. The molecule has 1 aromatic heterocycles. The summed E-state index contributed by atoms with van der Waals surface area (Å²) in [7, 11) is 1.51. The maximum Gasteiger partial charge on any atom is 0.258 e. The van der Waals surface area contributed by atoms with Crippen molar-refractivity contribution in [2.75, 3.05) is 13.6 Å². The SMILES string of the molecule is CNC(=O)C[C@@H](NC(=O)[C@@H]1C[C@@H](O)CN1C(=O)[C@@H](NC(=O)C1(F)CC1)C(C)(C)C)c1ccc(-c2scnc2C)cc1. The van der Waals surface area contributed by atoms with Crippen molar-refractivity contribution in [1.29, 1.82) is 0 Å². The number of carbonyl (C=O) groups is 4. The van der Waals surface area contributed by atoms with Gasteiger partial charge in [-0.05, 0) is 36.3 Å². The fourth-order valence-electron chi connectivity index (χ4n) is 4.97. The van der Waals surface area contributed by atoms with Crippen molar-refractivity contribution in [2.24, 2.45) is 5.41 Å². The topological polar surface area (TPSA) is 141 Å². The highest BCUT2D eigenvalue weighted by Crippen LogP contribution is 2.40. The summed E-state index contributed by atoms with van der Waals surface area (Å²) in [5.41, 5.74) is 1.59. The molecule has 0 unspecified atom stereocenters. The smallest absolute Gasteiger partial charge is 0.258 e. The third-order valence-electron chi connectivity index (χ3n) is 7.65. The van der Waals surface area contributed by atoms with Gasteiger partial charge in [-0.15, -0.1) is 11.3 Å². The Balaban J connectivity index is 1.54. The number of aromatic nitrogens is 1.